The first-order valence-electron chi connectivity index (χ1n) is 11.4. The van der Waals surface area contributed by atoms with Crippen molar-refractivity contribution in [2.75, 3.05) is 12.3 Å². The first-order valence-corrected chi connectivity index (χ1v) is 13.1. The number of carbonyl (C=O) groups excluding carboxylic acids is 1. The first kappa shape index (κ1) is 23.4. The molecule has 1 N–H and O–H groups in total. The molecule has 1 aromatic heterocycles. The number of carbonyl (C=O) groups is 1. The van der Waals surface area contributed by atoms with Crippen molar-refractivity contribution in [2.24, 2.45) is 17.3 Å². The summed E-state index contributed by atoms with van der Waals surface area (Å²) in [5.74, 6) is -0.497. The van der Waals surface area contributed by atoms with E-state index < -0.39 is 27.7 Å². The highest BCUT2D eigenvalue weighted by atomic mass is 32.2. The largest absolute Gasteiger partial charge is 0.451 e. The molecule has 0 atom stereocenters. The van der Waals surface area contributed by atoms with E-state index in [0.717, 1.165) is 51.1 Å². The van der Waals surface area contributed by atoms with Gasteiger partial charge in [-0.1, -0.05) is 12.8 Å². The lowest BCUT2D eigenvalue weighted by Gasteiger charge is -2.40. The zero-order chi connectivity index (χ0) is 23.1. The predicted molar refractivity (Wildman–Crippen MR) is 113 cm³/mol. The van der Waals surface area contributed by atoms with Crippen LogP contribution in [-0.4, -0.2) is 41.8 Å². The molecule has 3 aliphatic rings. The zero-order valence-corrected chi connectivity index (χ0v) is 19.1. The Balaban J connectivity index is 1.40. The maximum absolute atomic E-state index is 12.8. The molecule has 32 heavy (non-hydrogen) atoms. The highest BCUT2D eigenvalue weighted by molar-refractivity contribution is 7.92. The summed E-state index contributed by atoms with van der Waals surface area (Å²) in [6, 6.07) is 0. The molecule has 1 amide bonds. The number of halogens is 3. The molecular weight excluding hydrogens is 443 g/mol. The van der Waals surface area contributed by atoms with Crippen LogP contribution in [0.5, 0.6) is 0 Å². The van der Waals surface area contributed by atoms with Gasteiger partial charge in [0.25, 0.3) is 5.91 Å². The van der Waals surface area contributed by atoms with Crippen LogP contribution in [0.3, 0.4) is 0 Å². The molecular formula is C22H30F3N3O3S. The molecule has 10 heteroatoms. The summed E-state index contributed by atoms with van der Waals surface area (Å²) in [4.78, 5) is 19.4. The maximum atomic E-state index is 12.8. The molecule has 1 aromatic rings. The van der Waals surface area contributed by atoms with E-state index in [9.17, 15) is 26.4 Å². The highest BCUT2D eigenvalue weighted by Gasteiger charge is 2.44. The number of nitrogens with zero attached hydrogens (tertiary/aromatic N) is 2. The minimum absolute atomic E-state index is 0.0176. The molecule has 3 saturated carbocycles. The fraction of sp³-hybridized carbons (Fsp3) is 0.773. The highest BCUT2D eigenvalue weighted by Crippen LogP contribution is 2.48. The molecule has 0 aromatic carbocycles. The van der Waals surface area contributed by atoms with Gasteiger partial charge in [-0.05, 0) is 69.1 Å². The van der Waals surface area contributed by atoms with Gasteiger partial charge in [0, 0.05) is 12.7 Å². The molecule has 1 heterocycles. The quantitative estimate of drug-likeness (QED) is 0.614. The Kier molecular flexibility index (Phi) is 6.28. The second kappa shape index (κ2) is 8.57. The lowest BCUT2D eigenvalue weighted by Crippen LogP contribution is -2.43. The summed E-state index contributed by atoms with van der Waals surface area (Å²) >= 11 is 0. The van der Waals surface area contributed by atoms with Gasteiger partial charge in [-0.15, -0.1) is 0 Å². The van der Waals surface area contributed by atoms with Crippen LogP contribution in [0, 0.1) is 24.2 Å². The van der Waals surface area contributed by atoms with Gasteiger partial charge >= 0.3 is 6.18 Å². The number of alkyl halides is 3. The van der Waals surface area contributed by atoms with Gasteiger partial charge in [0.05, 0.1) is 22.3 Å². The summed E-state index contributed by atoms with van der Waals surface area (Å²) in [5, 5.41) is 2.59. The molecule has 178 valence electrons. The van der Waals surface area contributed by atoms with Gasteiger partial charge in [0.1, 0.15) is 0 Å². The molecule has 0 bridgehead atoms. The second-order valence-corrected chi connectivity index (χ2v) is 12.3. The lowest BCUT2D eigenvalue weighted by atomic mass is 9.70. The summed E-state index contributed by atoms with van der Waals surface area (Å²) in [6.07, 6.45) is 4.25. The van der Waals surface area contributed by atoms with Crippen LogP contribution in [0.4, 0.5) is 13.2 Å². The molecule has 3 fully saturated rings. The minimum Gasteiger partial charge on any atom is -0.351 e. The van der Waals surface area contributed by atoms with E-state index in [1.165, 1.54) is 6.92 Å². The van der Waals surface area contributed by atoms with Crippen LogP contribution in [0.15, 0.2) is 6.20 Å². The van der Waals surface area contributed by atoms with Gasteiger partial charge in [-0.3, -0.25) is 4.79 Å². The monoisotopic (exact) mass is 473 g/mol. The van der Waals surface area contributed by atoms with E-state index in [0.29, 0.717) is 37.0 Å². The molecule has 6 nitrogen and oxygen atoms in total. The topological polar surface area (TPSA) is 89.0 Å². The van der Waals surface area contributed by atoms with Crippen molar-refractivity contribution in [3.63, 3.8) is 0 Å². The third-order valence-corrected chi connectivity index (χ3v) is 9.61. The predicted octanol–water partition coefficient (Wildman–Crippen LogP) is 4.09. The number of hydrogen-bond donors (Lipinski definition) is 1. The van der Waals surface area contributed by atoms with Crippen molar-refractivity contribution >= 4 is 15.7 Å². The Labute approximate surface area is 186 Å². The van der Waals surface area contributed by atoms with Crippen molar-refractivity contribution in [3.05, 3.63) is 23.3 Å². The lowest BCUT2D eigenvalue weighted by molar-refractivity contribution is -0.145. The third kappa shape index (κ3) is 5.61. The average molecular weight is 474 g/mol. The second-order valence-electron chi connectivity index (χ2n) is 9.99. The SMILES string of the molecule is Cc1nc(C(F)(F)F)ncc1C(=O)NCC1(CC2CC2)CCC(S(=O)(=O)CC2CC2)CC1. The van der Waals surface area contributed by atoms with Crippen molar-refractivity contribution < 1.29 is 26.4 Å². The number of rotatable bonds is 8. The summed E-state index contributed by atoms with van der Waals surface area (Å²) in [6.45, 7) is 1.75. The molecule has 4 rings (SSSR count). The fourth-order valence-corrected chi connectivity index (χ4v) is 7.11. The Morgan fingerprint density at radius 3 is 2.28 bits per heavy atom. The van der Waals surface area contributed by atoms with Crippen molar-refractivity contribution in [2.45, 2.75) is 76.1 Å². The van der Waals surface area contributed by atoms with Gasteiger partial charge in [0.2, 0.25) is 5.82 Å². The first-order chi connectivity index (χ1) is 15.0. The standard InChI is InChI=1S/C22H30F3N3O3S/c1-14-18(11-26-20(28-14)22(23,24)25)19(29)27-13-21(10-15-2-3-15)8-6-17(7-9-21)32(30,31)12-16-4-5-16/h11,15-17H,2-10,12-13H2,1H3,(H,27,29). The Bertz CT molecular complexity index is 964. The smallest absolute Gasteiger partial charge is 0.351 e. The minimum atomic E-state index is -4.66. The number of hydrogen-bond acceptors (Lipinski definition) is 5. The summed E-state index contributed by atoms with van der Waals surface area (Å²) in [7, 11) is -3.07. The Morgan fingerprint density at radius 1 is 1.12 bits per heavy atom. The number of sulfone groups is 1. The van der Waals surface area contributed by atoms with E-state index in [2.05, 4.69) is 15.3 Å². The van der Waals surface area contributed by atoms with Crippen molar-refractivity contribution in [1.29, 1.82) is 0 Å². The van der Waals surface area contributed by atoms with E-state index >= 15 is 0 Å². The van der Waals surface area contributed by atoms with E-state index in [4.69, 9.17) is 0 Å². The Hall–Kier alpha value is -1.71. The van der Waals surface area contributed by atoms with Crippen LogP contribution in [0.25, 0.3) is 0 Å². The van der Waals surface area contributed by atoms with Gasteiger partial charge in [-0.2, -0.15) is 13.2 Å². The fourth-order valence-electron chi connectivity index (χ4n) is 4.89. The van der Waals surface area contributed by atoms with Crippen LogP contribution >= 0.6 is 0 Å². The molecule has 3 aliphatic carbocycles. The molecule has 0 aliphatic heterocycles. The van der Waals surface area contributed by atoms with Gasteiger partial charge in [-0.25, -0.2) is 18.4 Å². The molecule has 0 unspecified atom stereocenters. The Morgan fingerprint density at radius 2 is 1.75 bits per heavy atom. The van der Waals surface area contributed by atoms with Crippen molar-refractivity contribution in [3.8, 4) is 0 Å². The molecule has 0 radical (unpaired) electrons. The normalized spacial score (nSPS) is 26.7. The number of aryl methyl sites for hydroxylation is 1. The van der Waals surface area contributed by atoms with E-state index in [1.54, 1.807) is 0 Å². The summed E-state index contributed by atoms with van der Waals surface area (Å²) in [5.41, 5.74) is -0.153. The zero-order valence-electron chi connectivity index (χ0n) is 18.2. The van der Waals surface area contributed by atoms with Crippen LogP contribution in [0.2, 0.25) is 0 Å². The third-order valence-electron chi connectivity index (χ3n) is 7.19. The van der Waals surface area contributed by atoms with Gasteiger partial charge in [0.15, 0.2) is 9.84 Å². The van der Waals surface area contributed by atoms with Gasteiger partial charge < -0.3 is 5.32 Å². The average Bonchev–Trinajstić information content (AvgIpc) is 3.64. The van der Waals surface area contributed by atoms with Crippen LogP contribution in [0.1, 0.15) is 79.7 Å². The maximum Gasteiger partial charge on any atom is 0.451 e. The van der Waals surface area contributed by atoms with E-state index in [-0.39, 0.29) is 21.9 Å². The molecule has 0 spiro atoms. The number of nitrogens with one attached hydrogen (secondary N) is 1. The van der Waals surface area contributed by atoms with Crippen LogP contribution < -0.4 is 5.32 Å². The number of aromatic nitrogens is 2. The van der Waals surface area contributed by atoms with Crippen molar-refractivity contribution in [1.82, 2.24) is 15.3 Å². The number of amides is 1. The summed E-state index contributed by atoms with van der Waals surface area (Å²) < 4.78 is 63.8. The van der Waals surface area contributed by atoms with Crippen LogP contribution in [-0.2, 0) is 16.0 Å². The molecule has 0 saturated heterocycles. The van der Waals surface area contributed by atoms with E-state index in [1.807, 2.05) is 0 Å².